The lowest BCUT2D eigenvalue weighted by molar-refractivity contribution is 0.0697. The monoisotopic (exact) mass is 428 g/mol. The summed E-state index contributed by atoms with van der Waals surface area (Å²) in [6, 6.07) is 12.8. The number of likely N-dealkylation sites (N-methyl/N-ethyl adjacent to an activating group) is 2. The number of carboxylic acids is 1. The van der Waals surface area contributed by atoms with E-state index in [2.05, 4.69) is 37.5 Å². The van der Waals surface area contributed by atoms with Crippen molar-refractivity contribution in [2.75, 3.05) is 52.5 Å². The van der Waals surface area contributed by atoms with Crippen molar-refractivity contribution in [3.05, 3.63) is 48.0 Å². The van der Waals surface area contributed by atoms with Gasteiger partial charge in [0, 0.05) is 13.1 Å². The first-order valence-electron chi connectivity index (χ1n) is 11.2. The summed E-state index contributed by atoms with van der Waals surface area (Å²) in [5.41, 5.74) is 1.73. The van der Waals surface area contributed by atoms with Gasteiger partial charge in [-0.1, -0.05) is 39.8 Å². The zero-order valence-electron chi connectivity index (χ0n) is 19.3. The summed E-state index contributed by atoms with van der Waals surface area (Å²) < 4.78 is 11.6. The second-order valence-corrected chi connectivity index (χ2v) is 7.29. The molecule has 0 heterocycles. The molecule has 170 valence electrons. The second kappa shape index (κ2) is 13.0. The molecule has 1 N–H and O–H groups in total. The van der Waals surface area contributed by atoms with Crippen molar-refractivity contribution >= 4 is 5.97 Å². The van der Waals surface area contributed by atoms with Gasteiger partial charge in [0.25, 0.3) is 0 Å². The van der Waals surface area contributed by atoms with Gasteiger partial charge in [0.1, 0.15) is 24.7 Å². The summed E-state index contributed by atoms with van der Waals surface area (Å²) >= 11 is 0. The van der Waals surface area contributed by atoms with E-state index < -0.39 is 5.97 Å². The molecule has 0 amide bonds. The molecule has 2 aromatic rings. The standard InChI is InChI=1S/C25H36N2O4/c1-5-26(6-2)15-17-30-21-11-9-20(10-12-21)23-14-13-22(19-24(23)25(28)29)31-18-16-27(7-3)8-4/h9-14,19H,5-8,15-18H2,1-4H3,(H,28,29). The van der Waals surface area contributed by atoms with Crippen LogP contribution in [0.15, 0.2) is 42.5 Å². The highest BCUT2D eigenvalue weighted by Crippen LogP contribution is 2.29. The van der Waals surface area contributed by atoms with Crippen molar-refractivity contribution in [2.24, 2.45) is 0 Å². The van der Waals surface area contributed by atoms with Crippen LogP contribution in [0.25, 0.3) is 11.1 Å². The third-order valence-electron chi connectivity index (χ3n) is 5.53. The first-order valence-corrected chi connectivity index (χ1v) is 11.2. The van der Waals surface area contributed by atoms with E-state index in [1.54, 1.807) is 6.07 Å². The van der Waals surface area contributed by atoms with E-state index in [0.29, 0.717) is 24.5 Å². The minimum atomic E-state index is -0.969. The fourth-order valence-corrected chi connectivity index (χ4v) is 3.44. The van der Waals surface area contributed by atoms with Crippen molar-refractivity contribution < 1.29 is 19.4 Å². The van der Waals surface area contributed by atoms with E-state index in [-0.39, 0.29) is 5.56 Å². The zero-order chi connectivity index (χ0) is 22.6. The van der Waals surface area contributed by atoms with Gasteiger partial charge in [-0.2, -0.15) is 0 Å². The topological polar surface area (TPSA) is 62.2 Å². The maximum absolute atomic E-state index is 11.9. The smallest absolute Gasteiger partial charge is 0.336 e. The Morgan fingerprint density at radius 3 is 1.74 bits per heavy atom. The molecule has 0 saturated heterocycles. The minimum Gasteiger partial charge on any atom is -0.492 e. The zero-order valence-corrected chi connectivity index (χ0v) is 19.3. The molecule has 0 aliphatic rings. The Bertz CT molecular complexity index is 800. The molecule has 0 saturated carbocycles. The molecule has 0 bridgehead atoms. The average molecular weight is 429 g/mol. The highest BCUT2D eigenvalue weighted by Gasteiger charge is 2.14. The van der Waals surface area contributed by atoms with E-state index in [9.17, 15) is 9.90 Å². The predicted molar refractivity (Wildman–Crippen MR) is 125 cm³/mol. The van der Waals surface area contributed by atoms with Gasteiger partial charge in [0.05, 0.1) is 5.56 Å². The Morgan fingerprint density at radius 2 is 1.26 bits per heavy atom. The molecular weight excluding hydrogens is 392 g/mol. The second-order valence-electron chi connectivity index (χ2n) is 7.29. The fourth-order valence-electron chi connectivity index (χ4n) is 3.44. The maximum atomic E-state index is 11.9. The van der Waals surface area contributed by atoms with Gasteiger partial charge in [0.15, 0.2) is 0 Å². The average Bonchev–Trinajstić information content (AvgIpc) is 2.80. The summed E-state index contributed by atoms with van der Waals surface area (Å²) in [5, 5.41) is 9.72. The minimum absolute atomic E-state index is 0.232. The number of carbonyl (C=O) groups is 1. The number of carboxylic acid groups (broad SMARTS) is 1. The molecule has 0 spiro atoms. The van der Waals surface area contributed by atoms with E-state index in [4.69, 9.17) is 9.47 Å². The van der Waals surface area contributed by atoms with Crippen LogP contribution in [0.2, 0.25) is 0 Å². The lowest BCUT2D eigenvalue weighted by Gasteiger charge is -2.18. The first-order chi connectivity index (χ1) is 15.0. The molecule has 31 heavy (non-hydrogen) atoms. The summed E-state index contributed by atoms with van der Waals surface area (Å²) in [7, 11) is 0. The lowest BCUT2D eigenvalue weighted by atomic mass is 9.99. The fraction of sp³-hybridized carbons (Fsp3) is 0.480. The Morgan fingerprint density at radius 1 is 0.774 bits per heavy atom. The molecule has 6 nitrogen and oxygen atoms in total. The van der Waals surface area contributed by atoms with Crippen molar-refractivity contribution in [3.63, 3.8) is 0 Å². The van der Waals surface area contributed by atoms with Gasteiger partial charge < -0.3 is 24.4 Å². The quantitative estimate of drug-likeness (QED) is 0.478. The Balaban J connectivity index is 2.05. The Kier molecular flexibility index (Phi) is 10.3. The molecule has 0 aromatic heterocycles. The molecule has 0 fully saturated rings. The number of hydrogen-bond acceptors (Lipinski definition) is 5. The Hall–Kier alpha value is -2.57. The number of hydrogen-bond donors (Lipinski definition) is 1. The molecule has 2 aromatic carbocycles. The number of nitrogens with zero attached hydrogens (tertiary/aromatic N) is 2. The van der Waals surface area contributed by atoms with E-state index >= 15 is 0 Å². The van der Waals surface area contributed by atoms with Gasteiger partial charge in [-0.05, 0) is 67.6 Å². The van der Waals surface area contributed by atoms with Crippen LogP contribution in [0.5, 0.6) is 11.5 Å². The van der Waals surface area contributed by atoms with Crippen LogP contribution in [-0.2, 0) is 0 Å². The molecule has 0 unspecified atom stereocenters. The van der Waals surface area contributed by atoms with Crippen LogP contribution < -0.4 is 9.47 Å². The highest BCUT2D eigenvalue weighted by atomic mass is 16.5. The number of ether oxygens (including phenoxy) is 2. The maximum Gasteiger partial charge on any atom is 0.336 e. The molecule has 0 aliphatic heterocycles. The van der Waals surface area contributed by atoms with Crippen molar-refractivity contribution in [2.45, 2.75) is 27.7 Å². The number of benzene rings is 2. The van der Waals surface area contributed by atoms with Gasteiger partial charge in [0.2, 0.25) is 0 Å². The summed E-state index contributed by atoms with van der Waals surface area (Å²) in [4.78, 5) is 16.4. The van der Waals surface area contributed by atoms with Crippen LogP contribution in [-0.4, -0.2) is 73.4 Å². The molecule has 0 radical (unpaired) electrons. The first kappa shape index (κ1) is 24.7. The Labute approximate surface area is 186 Å². The summed E-state index contributed by atoms with van der Waals surface area (Å²) in [5.74, 6) is 0.387. The molecule has 0 atom stereocenters. The van der Waals surface area contributed by atoms with Gasteiger partial charge in [-0.25, -0.2) is 4.79 Å². The van der Waals surface area contributed by atoms with Crippen LogP contribution in [0, 0.1) is 0 Å². The molecule has 0 aliphatic carbocycles. The molecule has 6 heteroatoms. The van der Waals surface area contributed by atoms with E-state index in [0.717, 1.165) is 50.6 Å². The van der Waals surface area contributed by atoms with Crippen LogP contribution >= 0.6 is 0 Å². The van der Waals surface area contributed by atoms with E-state index in [1.807, 2.05) is 36.4 Å². The number of aromatic carboxylic acids is 1. The molecular formula is C25H36N2O4. The number of rotatable bonds is 14. The summed E-state index contributed by atoms with van der Waals surface area (Å²) in [6.07, 6.45) is 0. The van der Waals surface area contributed by atoms with Crippen molar-refractivity contribution in [1.82, 2.24) is 9.80 Å². The van der Waals surface area contributed by atoms with E-state index in [1.165, 1.54) is 0 Å². The molecule has 2 rings (SSSR count). The summed E-state index contributed by atoms with van der Waals surface area (Å²) in [6.45, 7) is 15.3. The predicted octanol–water partition coefficient (Wildman–Crippen LogP) is 4.49. The van der Waals surface area contributed by atoms with Crippen LogP contribution in [0.3, 0.4) is 0 Å². The largest absolute Gasteiger partial charge is 0.492 e. The third-order valence-corrected chi connectivity index (χ3v) is 5.53. The lowest BCUT2D eigenvalue weighted by Crippen LogP contribution is -2.27. The van der Waals surface area contributed by atoms with Crippen LogP contribution in [0.4, 0.5) is 0 Å². The van der Waals surface area contributed by atoms with Gasteiger partial charge in [-0.3, -0.25) is 0 Å². The van der Waals surface area contributed by atoms with Gasteiger partial charge in [-0.15, -0.1) is 0 Å². The normalized spacial score (nSPS) is 11.2. The van der Waals surface area contributed by atoms with Crippen molar-refractivity contribution in [1.29, 1.82) is 0 Å². The van der Waals surface area contributed by atoms with Crippen LogP contribution in [0.1, 0.15) is 38.1 Å². The third kappa shape index (κ3) is 7.56. The van der Waals surface area contributed by atoms with Gasteiger partial charge >= 0.3 is 5.97 Å². The highest BCUT2D eigenvalue weighted by molar-refractivity contribution is 5.96. The van der Waals surface area contributed by atoms with Crippen molar-refractivity contribution in [3.8, 4) is 22.6 Å². The SMILES string of the molecule is CCN(CC)CCOc1ccc(-c2ccc(OCCN(CC)CC)cc2C(=O)O)cc1.